The van der Waals surface area contributed by atoms with E-state index in [0.29, 0.717) is 12.0 Å². The van der Waals surface area contributed by atoms with E-state index in [0.717, 1.165) is 10.6 Å². The first-order valence-corrected chi connectivity index (χ1v) is 7.53. The number of hydrogen-bond donors (Lipinski definition) is 1. The van der Waals surface area contributed by atoms with Crippen LogP contribution in [-0.2, 0) is 0 Å². The Labute approximate surface area is 127 Å². The molecular formula is C18H22ClN. The van der Waals surface area contributed by atoms with Crippen LogP contribution in [0.4, 0.5) is 0 Å². The van der Waals surface area contributed by atoms with Gasteiger partial charge in [0.25, 0.3) is 0 Å². The summed E-state index contributed by atoms with van der Waals surface area (Å²) in [4.78, 5) is 0. The topological polar surface area (TPSA) is 12.0 Å². The van der Waals surface area contributed by atoms with Gasteiger partial charge in [0.1, 0.15) is 0 Å². The summed E-state index contributed by atoms with van der Waals surface area (Å²) in [6.07, 6.45) is 0. The number of hydrogen-bond acceptors (Lipinski definition) is 1. The van der Waals surface area contributed by atoms with Crippen molar-refractivity contribution >= 4 is 11.6 Å². The van der Waals surface area contributed by atoms with Crippen molar-refractivity contribution in [1.82, 2.24) is 5.32 Å². The van der Waals surface area contributed by atoms with Gasteiger partial charge in [-0.1, -0.05) is 74.0 Å². The zero-order valence-electron chi connectivity index (χ0n) is 12.3. The summed E-state index contributed by atoms with van der Waals surface area (Å²) in [5.41, 5.74) is 2.47. The predicted molar refractivity (Wildman–Crippen MR) is 87.0 cm³/mol. The fourth-order valence-electron chi connectivity index (χ4n) is 2.52. The SMILES string of the molecule is CC(C)C(N[C@@H](C)c1ccccc1Cl)c1ccccc1. The number of nitrogens with one attached hydrogen (secondary N) is 1. The molecule has 2 aromatic rings. The summed E-state index contributed by atoms with van der Waals surface area (Å²) in [6.45, 7) is 6.65. The van der Waals surface area contributed by atoms with Crippen LogP contribution in [0.3, 0.4) is 0 Å². The van der Waals surface area contributed by atoms with Crippen molar-refractivity contribution in [3.8, 4) is 0 Å². The first-order chi connectivity index (χ1) is 9.59. The minimum absolute atomic E-state index is 0.219. The maximum atomic E-state index is 6.29. The Kier molecular flexibility index (Phi) is 5.22. The molecule has 20 heavy (non-hydrogen) atoms. The monoisotopic (exact) mass is 287 g/mol. The van der Waals surface area contributed by atoms with Gasteiger partial charge in [-0.2, -0.15) is 0 Å². The summed E-state index contributed by atoms with van der Waals surface area (Å²) >= 11 is 6.29. The molecule has 2 rings (SSSR count). The molecule has 2 aromatic carbocycles. The van der Waals surface area contributed by atoms with Gasteiger partial charge < -0.3 is 5.32 Å². The standard InChI is InChI=1S/C18H22ClN/c1-13(2)18(15-9-5-4-6-10-15)20-14(3)16-11-7-8-12-17(16)19/h4-14,18,20H,1-3H3/t14-,18?/m0/s1. The summed E-state index contributed by atoms with van der Waals surface area (Å²) in [7, 11) is 0. The molecular weight excluding hydrogens is 266 g/mol. The third-order valence-corrected chi connectivity index (χ3v) is 3.97. The van der Waals surface area contributed by atoms with E-state index in [9.17, 15) is 0 Å². The fourth-order valence-corrected chi connectivity index (χ4v) is 2.82. The van der Waals surface area contributed by atoms with Crippen LogP contribution in [0.25, 0.3) is 0 Å². The highest BCUT2D eigenvalue weighted by atomic mass is 35.5. The summed E-state index contributed by atoms with van der Waals surface area (Å²) in [6, 6.07) is 19.2. The van der Waals surface area contributed by atoms with Crippen molar-refractivity contribution in [3.05, 3.63) is 70.7 Å². The van der Waals surface area contributed by atoms with Gasteiger partial charge in [0.15, 0.2) is 0 Å². The van der Waals surface area contributed by atoms with Crippen LogP contribution >= 0.6 is 11.6 Å². The van der Waals surface area contributed by atoms with Crippen LogP contribution in [0.5, 0.6) is 0 Å². The van der Waals surface area contributed by atoms with Gasteiger partial charge in [0.2, 0.25) is 0 Å². The number of halogens is 1. The van der Waals surface area contributed by atoms with Gasteiger partial charge >= 0.3 is 0 Å². The smallest absolute Gasteiger partial charge is 0.0453 e. The lowest BCUT2D eigenvalue weighted by Crippen LogP contribution is -2.28. The molecule has 0 aliphatic rings. The van der Waals surface area contributed by atoms with Crippen molar-refractivity contribution in [3.63, 3.8) is 0 Å². The molecule has 0 bridgehead atoms. The Hall–Kier alpha value is -1.31. The van der Waals surface area contributed by atoms with Crippen molar-refractivity contribution in [2.45, 2.75) is 32.9 Å². The van der Waals surface area contributed by atoms with Crippen LogP contribution in [0.2, 0.25) is 5.02 Å². The van der Waals surface area contributed by atoms with Gasteiger partial charge in [-0.25, -0.2) is 0 Å². The molecule has 1 nitrogen and oxygen atoms in total. The molecule has 0 saturated heterocycles. The average Bonchev–Trinajstić information content (AvgIpc) is 2.45. The van der Waals surface area contributed by atoms with Crippen LogP contribution in [0, 0.1) is 5.92 Å². The molecule has 0 amide bonds. The second-order valence-corrected chi connectivity index (χ2v) is 5.95. The molecule has 0 aliphatic carbocycles. The molecule has 0 heterocycles. The summed E-state index contributed by atoms with van der Waals surface area (Å²) in [5, 5.41) is 4.53. The van der Waals surface area contributed by atoms with Gasteiger partial charge in [-0.3, -0.25) is 0 Å². The average molecular weight is 288 g/mol. The van der Waals surface area contributed by atoms with Gasteiger partial charge in [-0.15, -0.1) is 0 Å². The predicted octanol–water partition coefficient (Wildman–Crippen LogP) is 5.39. The molecule has 0 fully saturated rings. The molecule has 0 aliphatic heterocycles. The van der Waals surface area contributed by atoms with Crippen molar-refractivity contribution in [2.24, 2.45) is 5.92 Å². The Morgan fingerprint density at radius 1 is 0.850 bits per heavy atom. The maximum Gasteiger partial charge on any atom is 0.0453 e. The van der Waals surface area contributed by atoms with E-state index in [1.54, 1.807) is 0 Å². The molecule has 2 heteroatoms. The van der Waals surface area contributed by atoms with Crippen LogP contribution in [0.1, 0.15) is 44.0 Å². The largest absolute Gasteiger partial charge is 0.303 e. The zero-order chi connectivity index (χ0) is 14.5. The van der Waals surface area contributed by atoms with Gasteiger partial charge in [0.05, 0.1) is 0 Å². The minimum Gasteiger partial charge on any atom is -0.303 e. The molecule has 106 valence electrons. The van der Waals surface area contributed by atoms with Gasteiger partial charge in [0, 0.05) is 17.1 Å². The molecule has 0 radical (unpaired) electrons. The van der Waals surface area contributed by atoms with Gasteiger partial charge in [-0.05, 0) is 30.0 Å². The normalized spacial score (nSPS) is 14.2. The van der Waals surface area contributed by atoms with Crippen LogP contribution in [0.15, 0.2) is 54.6 Å². The Morgan fingerprint density at radius 3 is 2.05 bits per heavy atom. The van der Waals surface area contributed by atoms with Crippen molar-refractivity contribution in [2.75, 3.05) is 0 Å². The molecule has 0 aromatic heterocycles. The second kappa shape index (κ2) is 6.92. The Morgan fingerprint density at radius 2 is 1.45 bits per heavy atom. The van der Waals surface area contributed by atoms with E-state index in [-0.39, 0.29) is 6.04 Å². The lowest BCUT2D eigenvalue weighted by molar-refractivity contribution is 0.374. The Bertz CT molecular complexity index is 536. The maximum absolute atomic E-state index is 6.29. The molecule has 0 spiro atoms. The highest BCUT2D eigenvalue weighted by Crippen LogP contribution is 2.28. The molecule has 1 N–H and O–H groups in total. The molecule has 1 unspecified atom stereocenters. The van der Waals surface area contributed by atoms with E-state index in [2.05, 4.69) is 62.5 Å². The lowest BCUT2D eigenvalue weighted by Gasteiger charge is -2.27. The number of rotatable bonds is 5. The van der Waals surface area contributed by atoms with Crippen LogP contribution < -0.4 is 5.32 Å². The summed E-state index contributed by atoms with van der Waals surface area (Å²) in [5.74, 6) is 0.516. The first kappa shape index (κ1) is 15.1. The van der Waals surface area contributed by atoms with E-state index >= 15 is 0 Å². The zero-order valence-corrected chi connectivity index (χ0v) is 13.1. The van der Waals surface area contributed by atoms with E-state index in [1.165, 1.54) is 5.56 Å². The van der Waals surface area contributed by atoms with E-state index in [1.807, 2.05) is 18.2 Å². The number of benzene rings is 2. The minimum atomic E-state index is 0.219. The third-order valence-electron chi connectivity index (χ3n) is 3.63. The molecule has 2 atom stereocenters. The Balaban J connectivity index is 2.19. The fraction of sp³-hybridized carbons (Fsp3) is 0.333. The highest BCUT2D eigenvalue weighted by Gasteiger charge is 2.19. The third kappa shape index (κ3) is 3.62. The van der Waals surface area contributed by atoms with E-state index in [4.69, 9.17) is 11.6 Å². The summed E-state index contributed by atoms with van der Waals surface area (Å²) < 4.78 is 0. The highest BCUT2D eigenvalue weighted by molar-refractivity contribution is 6.31. The quantitative estimate of drug-likeness (QED) is 0.777. The first-order valence-electron chi connectivity index (χ1n) is 7.15. The van der Waals surface area contributed by atoms with Crippen LogP contribution in [-0.4, -0.2) is 0 Å². The van der Waals surface area contributed by atoms with E-state index < -0.39 is 0 Å². The molecule has 0 saturated carbocycles. The van der Waals surface area contributed by atoms with Crippen molar-refractivity contribution < 1.29 is 0 Å². The van der Waals surface area contributed by atoms with Crippen molar-refractivity contribution in [1.29, 1.82) is 0 Å². The second-order valence-electron chi connectivity index (χ2n) is 5.54. The lowest BCUT2D eigenvalue weighted by atomic mass is 9.94.